The van der Waals surface area contributed by atoms with Crippen molar-refractivity contribution in [3.05, 3.63) is 28.7 Å². The predicted molar refractivity (Wildman–Crippen MR) is 57.7 cm³/mol. The van der Waals surface area contributed by atoms with Crippen molar-refractivity contribution in [2.24, 2.45) is 0 Å². The number of carbonyl (C=O) groups excluding carboxylic acids is 1. The molecule has 0 aromatic carbocycles. The van der Waals surface area contributed by atoms with E-state index in [2.05, 4.69) is 0 Å². The van der Waals surface area contributed by atoms with Crippen LogP contribution in [0.2, 0.25) is 0 Å². The summed E-state index contributed by atoms with van der Waals surface area (Å²) in [7, 11) is 1.42. The topological polar surface area (TPSA) is 83.6 Å². The third-order valence-corrected chi connectivity index (χ3v) is 1.98. The number of anilines is 1. The Morgan fingerprint density at radius 1 is 1.62 bits per heavy atom. The van der Waals surface area contributed by atoms with Crippen LogP contribution in [0.5, 0.6) is 0 Å². The van der Waals surface area contributed by atoms with E-state index in [1.807, 2.05) is 0 Å². The van der Waals surface area contributed by atoms with E-state index in [1.165, 1.54) is 23.9 Å². The second-order valence-corrected chi connectivity index (χ2v) is 3.19. The van der Waals surface area contributed by atoms with Crippen LogP contribution in [0.25, 0.3) is 0 Å². The maximum atomic E-state index is 11.5. The molecule has 16 heavy (non-hydrogen) atoms. The molecule has 0 spiro atoms. The molecule has 0 saturated carbocycles. The average Bonchev–Trinajstić information content (AvgIpc) is 2.24. The van der Waals surface area contributed by atoms with E-state index in [4.69, 9.17) is 15.2 Å². The van der Waals surface area contributed by atoms with Gasteiger partial charge < -0.3 is 19.8 Å². The quantitative estimate of drug-likeness (QED) is 0.575. The molecule has 0 bridgehead atoms. The van der Waals surface area contributed by atoms with Crippen LogP contribution in [-0.2, 0) is 20.8 Å². The standard InChI is InChI=1S/C10H14N2O4/c1-7(15-2)16-9(13)6-12-5-3-4-8(11)10(12)14/h3-5,7H,6,11H2,1-2H3. The molecular formula is C10H14N2O4. The van der Waals surface area contributed by atoms with Crippen LogP contribution < -0.4 is 11.3 Å². The number of rotatable bonds is 4. The molecule has 1 atom stereocenters. The molecule has 1 unspecified atom stereocenters. The van der Waals surface area contributed by atoms with Gasteiger partial charge in [-0.1, -0.05) is 0 Å². The Bertz CT molecular complexity index is 427. The summed E-state index contributed by atoms with van der Waals surface area (Å²) in [5.41, 5.74) is 5.09. The number of hydrogen-bond donors (Lipinski definition) is 1. The van der Waals surface area contributed by atoms with Gasteiger partial charge in [0.1, 0.15) is 6.54 Å². The van der Waals surface area contributed by atoms with Gasteiger partial charge in [0, 0.05) is 13.3 Å². The molecule has 0 aliphatic heterocycles. The molecule has 0 saturated heterocycles. The summed E-state index contributed by atoms with van der Waals surface area (Å²) in [6.45, 7) is 1.40. The number of pyridine rings is 1. The van der Waals surface area contributed by atoms with Gasteiger partial charge in [0.2, 0.25) is 0 Å². The van der Waals surface area contributed by atoms with Gasteiger partial charge >= 0.3 is 5.97 Å². The molecule has 0 amide bonds. The minimum atomic E-state index is -0.635. The molecule has 0 radical (unpaired) electrons. The Morgan fingerprint density at radius 2 is 2.31 bits per heavy atom. The first kappa shape index (κ1) is 12.3. The summed E-state index contributed by atoms with van der Waals surface area (Å²) in [5, 5.41) is 0. The summed E-state index contributed by atoms with van der Waals surface area (Å²) in [6, 6.07) is 3.06. The summed E-state index contributed by atoms with van der Waals surface area (Å²) in [6.07, 6.45) is 0.835. The fourth-order valence-electron chi connectivity index (χ4n) is 1.09. The smallest absolute Gasteiger partial charge is 0.328 e. The Morgan fingerprint density at radius 3 is 2.94 bits per heavy atom. The lowest BCUT2D eigenvalue weighted by molar-refractivity contribution is -0.170. The highest BCUT2D eigenvalue weighted by Crippen LogP contribution is 1.96. The molecule has 1 heterocycles. The number of hydrogen-bond acceptors (Lipinski definition) is 5. The van der Waals surface area contributed by atoms with Crippen molar-refractivity contribution in [3.63, 3.8) is 0 Å². The van der Waals surface area contributed by atoms with Gasteiger partial charge in [-0.15, -0.1) is 0 Å². The largest absolute Gasteiger partial charge is 0.435 e. The third kappa shape index (κ3) is 3.09. The maximum Gasteiger partial charge on any atom is 0.328 e. The number of nitrogens with zero attached hydrogens (tertiary/aromatic N) is 1. The lowest BCUT2D eigenvalue weighted by atomic mass is 10.4. The molecule has 0 fully saturated rings. The lowest BCUT2D eigenvalue weighted by Gasteiger charge is -2.11. The van der Waals surface area contributed by atoms with E-state index >= 15 is 0 Å². The third-order valence-electron chi connectivity index (χ3n) is 1.98. The Labute approximate surface area is 92.6 Å². The predicted octanol–water partition coefficient (Wildman–Crippen LogP) is -0.0339. The number of ether oxygens (including phenoxy) is 2. The van der Waals surface area contributed by atoms with Crippen LogP contribution in [0.1, 0.15) is 6.92 Å². The van der Waals surface area contributed by atoms with E-state index in [9.17, 15) is 9.59 Å². The zero-order valence-electron chi connectivity index (χ0n) is 9.17. The van der Waals surface area contributed by atoms with Gasteiger partial charge in [-0.3, -0.25) is 9.59 Å². The van der Waals surface area contributed by atoms with Gasteiger partial charge in [-0.25, -0.2) is 0 Å². The summed E-state index contributed by atoms with van der Waals surface area (Å²) in [4.78, 5) is 22.8. The zero-order valence-corrected chi connectivity index (χ0v) is 9.17. The Kier molecular flexibility index (Phi) is 4.07. The van der Waals surface area contributed by atoms with Crippen molar-refractivity contribution in [2.45, 2.75) is 19.8 Å². The van der Waals surface area contributed by atoms with E-state index < -0.39 is 17.8 Å². The molecular weight excluding hydrogens is 212 g/mol. The molecule has 1 aromatic rings. The normalized spacial score (nSPS) is 12.1. The van der Waals surface area contributed by atoms with Crippen LogP contribution >= 0.6 is 0 Å². The molecule has 6 heteroatoms. The van der Waals surface area contributed by atoms with Gasteiger partial charge in [-0.05, 0) is 19.1 Å². The molecule has 0 aliphatic rings. The fourth-order valence-corrected chi connectivity index (χ4v) is 1.09. The van der Waals surface area contributed by atoms with E-state index in [0.717, 1.165) is 0 Å². The number of carbonyl (C=O) groups is 1. The summed E-state index contributed by atoms with van der Waals surface area (Å²) >= 11 is 0. The Balaban J connectivity index is 2.70. The highest BCUT2D eigenvalue weighted by molar-refractivity contribution is 5.69. The lowest BCUT2D eigenvalue weighted by Crippen LogP contribution is -2.28. The van der Waals surface area contributed by atoms with Crippen LogP contribution in [0.15, 0.2) is 23.1 Å². The van der Waals surface area contributed by atoms with Gasteiger partial charge in [0.25, 0.3) is 5.56 Å². The number of esters is 1. The highest BCUT2D eigenvalue weighted by atomic mass is 16.7. The average molecular weight is 226 g/mol. The first-order chi connectivity index (χ1) is 7.54. The Hall–Kier alpha value is -1.82. The first-order valence-electron chi connectivity index (χ1n) is 4.71. The molecule has 1 aromatic heterocycles. The van der Waals surface area contributed by atoms with Gasteiger partial charge in [-0.2, -0.15) is 0 Å². The number of nitrogens with two attached hydrogens (primary N) is 1. The van der Waals surface area contributed by atoms with Crippen molar-refractivity contribution in [1.82, 2.24) is 4.57 Å². The van der Waals surface area contributed by atoms with Crippen molar-refractivity contribution >= 4 is 11.7 Å². The maximum absolute atomic E-state index is 11.5. The van der Waals surface area contributed by atoms with Crippen molar-refractivity contribution in [1.29, 1.82) is 0 Å². The van der Waals surface area contributed by atoms with Crippen molar-refractivity contribution in [3.8, 4) is 0 Å². The van der Waals surface area contributed by atoms with Crippen LogP contribution in [0.3, 0.4) is 0 Å². The fraction of sp³-hybridized carbons (Fsp3) is 0.400. The monoisotopic (exact) mass is 226 g/mol. The van der Waals surface area contributed by atoms with Gasteiger partial charge in [0.15, 0.2) is 6.29 Å². The van der Waals surface area contributed by atoms with Crippen molar-refractivity contribution in [2.75, 3.05) is 12.8 Å². The second kappa shape index (κ2) is 5.32. The molecule has 1 rings (SSSR count). The summed E-state index contributed by atoms with van der Waals surface area (Å²) in [5.74, 6) is -0.554. The molecule has 6 nitrogen and oxygen atoms in total. The van der Waals surface area contributed by atoms with Crippen LogP contribution in [-0.4, -0.2) is 23.9 Å². The minimum Gasteiger partial charge on any atom is -0.435 e. The number of nitrogen functional groups attached to an aromatic ring is 1. The summed E-state index contributed by atoms with van der Waals surface area (Å²) < 4.78 is 10.8. The number of aromatic nitrogens is 1. The SMILES string of the molecule is COC(C)OC(=O)Cn1cccc(N)c1=O. The van der Waals surface area contributed by atoms with E-state index in [0.29, 0.717) is 0 Å². The second-order valence-electron chi connectivity index (χ2n) is 3.19. The van der Waals surface area contributed by atoms with Crippen LogP contribution in [0.4, 0.5) is 5.69 Å². The zero-order chi connectivity index (χ0) is 12.1. The van der Waals surface area contributed by atoms with Gasteiger partial charge in [0.05, 0.1) is 5.69 Å². The molecule has 2 N–H and O–H groups in total. The first-order valence-corrected chi connectivity index (χ1v) is 4.71. The number of methoxy groups -OCH3 is 1. The van der Waals surface area contributed by atoms with Crippen molar-refractivity contribution < 1.29 is 14.3 Å². The molecule has 0 aliphatic carbocycles. The minimum absolute atomic E-state index is 0.0927. The highest BCUT2D eigenvalue weighted by Gasteiger charge is 2.10. The van der Waals surface area contributed by atoms with E-state index in [1.54, 1.807) is 13.0 Å². The van der Waals surface area contributed by atoms with Crippen LogP contribution in [0, 0.1) is 0 Å². The van der Waals surface area contributed by atoms with E-state index in [-0.39, 0.29) is 12.2 Å². The molecule has 88 valence electrons.